The summed E-state index contributed by atoms with van der Waals surface area (Å²) in [5.74, 6) is 0.0598. The van der Waals surface area contributed by atoms with E-state index in [-0.39, 0.29) is 12.0 Å². The molecule has 0 aromatic heterocycles. The first-order valence-corrected chi connectivity index (χ1v) is 9.54. The molecular weight excluding hydrogens is 324 g/mol. The molecule has 0 aliphatic carbocycles. The first-order valence-electron chi connectivity index (χ1n) is 9.54. The number of morpholine rings is 1. The quantitative estimate of drug-likeness (QED) is 0.902. The zero-order chi connectivity index (χ0) is 17.8. The second-order valence-corrected chi connectivity index (χ2v) is 7.29. The van der Waals surface area contributed by atoms with Crippen LogP contribution in [0.5, 0.6) is 0 Å². The van der Waals surface area contributed by atoms with E-state index in [1.54, 1.807) is 0 Å². The van der Waals surface area contributed by atoms with Crippen LogP contribution in [0.15, 0.2) is 54.6 Å². The molecule has 2 atom stereocenters. The van der Waals surface area contributed by atoms with Gasteiger partial charge in [0.2, 0.25) is 5.91 Å². The maximum absolute atomic E-state index is 12.3. The van der Waals surface area contributed by atoms with Crippen LogP contribution < -0.4 is 5.32 Å². The fourth-order valence-corrected chi connectivity index (χ4v) is 3.93. The minimum absolute atomic E-state index is 0.0598. The van der Waals surface area contributed by atoms with E-state index >= 15 is 0 Å². The van der Waals surface area contributed by atoms with Crippen molar-refractivity contribution < 1.29 is 9.53 Å². The molecule has 1 amide bonds. The van der Waals surface area contributed by atoms with E-state index in [2.05, 4.69) is 34.5 Å². The normalized spacial score (nSPS) is 22.8. The number of carbonyl (C=O) groups excluding carboxylic acids is 1. The third-order valence-corrected chi connectivity index (χ3v) is 5.41. The Labute approximate surface area is 155 Å². The van der Waals surface area contributed by atoms with Gasteiger partial charge in [0.25, 0.3) is 0 Å². The van der Waals surface area contributed by atoms with Gasteiger partial charge in [-0.3, -0.25) is 9.69 Å². The lowest BCUT2D eigenvalue weighted by Gasteiger charge is -2.35. The van der Waals surface area contributed by atoms with Gasteiger partial charge in [0.15, 0.2) is 0 Å². The number of hydrogen-bond donors (Lipinski definition) is 1. The number of fused-ring (bicyclic) bond motifs is 1. The standard InChI is InChI=1S/C22H26N2O2/c25-22(23-14-21-15-24-12-4-7-20(24)16-26-21)13-17-8-10-19(11-9-17)18-5-2-1-3-6-18/h1-3,5-6,8-11,20-21H,4,7,12-16H2,(H,23,25). The fraction of sp³-hybridized carbons (Fsp3) is 0.409. The number of carbonyl (C=O) groups is 1. The summed E-state index contributed by atoms with van der Waals surface area (Å²) in [5.41, 5.74) is 3.40. The lowest BCUT2D eigenvalue weighted by atomic mass is 10.0. The first-order chi connectivity index (χ1) is 12.8. The van der Waals surface area contributed by atoms with Crippen LogP contribution in [0.1, 0.15) is 18.4 Å². The molecule has 2 fully saturated rings. The average molecular weight is 350 g/mol. The third kappa shape index (κ3) is 4.14. The SMILES string of the molecule is O=C(Cc1ccc(-c2ccccc2)cc1)NCC1CN2CCCC2CO1. The minimum atomic E-state index is 0.0598. The van der Waals surface area contributed by atoms with E-state index < -0.39 is 0 Å². The smallest absolute Gasteiger partial charge is 0.224 e. The van der Waals surface area contributed by atoms with E-state index in [0.717, 1.165) is 18.7 Å². The molecule has 0 bridgehead atoms. The Morgan fingerprint density at radius 2 is 1.85 bits per heavy atom. The molecule has 0 spiro atoms. The molecule has 2 heterocycles. The summed E-state index contributed by atoms with van der Waals surface area (Å²) in [6, 6.07) is 19.1. The van der Waals surface area contributed by atoms with Crippen LogP contribution >= 0.6 is 0 Å². The number of ether oxygens (including phenoxy) is 1. The van der Waals surface area contributed by atoms with Gasteiger partial charge < -0.3 is 10.1 Å². The second kappa shape index (κ2) is 8.02. The summed E-state index contributed by atoms with van der Waals surface area (Å²) in [4.78, 5) is 14.8. The molecule has 2 aromatic rings. The molecule has 1 N–H and O–H groups in total. The number of hydrogen-bond acceptors (Lipinski definition) is 3. The van der Waals surface area contributed by atoms with Crippen molar-refractivity contribution in [2.45, 2.75) is 31.4 Å². The van der Waals surface area contributed by atoms with Crippen molar-refractivity contribution in [3.05, 3.63) is 60.2 Å². The number of amides is 1. The van der Waals surface area contributed by atoms with Gasteiger partial charge in [0, 0.05) is 19.1 Å². The molecule has 4 heteroatoms. The Bertz CT molecular complexity index is 730. The zero-order valence-electron chi connectivity index (χ0n) is 15.1. The highest BCUT2D eigenvalue weighted by molar-refractivity contribution is 5.78. The van der Waals surface area contributed by atoms with Gasteiger partial charge in [-0.05, 0) is 36.1 Å². The van der Waals surface area contributed by atoms with Gasteiger partial charge in [-0.25, -0.2) is 0 Å². The van der Waals surface area contributed by atoms with Crippen molar-refractivity contribution in [3.63, 3.8) is 0 Å². The molecule has 2 unspecified atom stereocenters. The van der Waals surface area contributed by atoms with Gasteiger partial charge in [-0.15, -0.1) is 0 Å². The van der Waals surface area contributed by atoms with Crippen molar-refractivity contribution in [1.82, 2.24) is 10.2 Å². The lowest BCUT2D eigenvalue weighted by Crippen LogP contribution is -2.50. The van der Waals surface area contributed by atoms with Gasteiger partial charge in [-0.2, -0.15) is 0 Å². The lowest BCUT2D eigenvalue weighted by molar-refractivity contribution is -0.121. The Morgan fingerprint density at radius 1 is 1.08 bits per heavy atom. The van der Waals surface area contributed by atoms with Crippen LogP contribution in [0.4, 0.5) is 0 Å². The van der Waals surface area contributed by atoms with Crippen LogP contribution in [-0.2, 0) is 16.0 Å². The number of nitrogens with zero attached hydrogens (tertiary/aromatic N) is 1. The number of benzene rings is 2. The maximum atomic E-state index is 12.3. The van der Waals surface area contributed by atoms with Crippen molar-refractivity contribution >= 4 is 5.91 Å². The Balaban J connectivity index is 1.26. The highest BCUT2D eigenvalue weighted by atomic mass is 16.5. The van der Waals surface area contributed by atoms with Crippen molar-refractivity contribution in [3.8, 4) is 11.1 Å². The molecule has 0 radical (unpaired) electrons. The van der Waals surface area contributed by atoms with Gasteiger partial charge in [0.05, 0.1) is 19.1 Å². The van der Waals surface area contributed by atoms with Crippen LogP contribution in [0, 0.1) is 0 Å². The number of nitrogens with one attached hydrogen (secondary N) is 1. The van der Waals surface area contributed by atoms with Gasteiger partial charge >= 0.3 is 0 Å². The molecule has 0 saturated carbocycles. The largest absolute Gasteiger partial charge is 0.373 e. The van der Waals surface area contributed by atoms with Crippen LogP contribution in [-0.4, -0.2) is 49.2 Å². The van der Waals surface area contributed by atoms with E-state index in [9.17, 15) is 4.79 Å². The monoisotopic (exact) mass is 350 g/mol. The molecule has 2 aliphatic heterocycles. The van der Waals surface area contributed by atoms with Gasteiger partial charge in [-0.1, -0.05) is 54.6 Å². The maximum Gasteiger partial charge on any atom is 0.224 e. The van der Waals surface area contributed by atoms with Crippen molar-refractivity contribution in [2.24, 2.45) is 0 Å². The van der Waals surface area contributed by atoms with Crippen LogP contribution in [0.25, 0.3) is 11.1 Å². The minimum Gasteiger partial charge on any atom is -0.373 e. The molecule has 26 heavy (non-hydrogen) atoms. The topological polar surface area (TPSA) is 41.6 Å². The molecule has 2 aromatic carbocycles. The Morgan fingerprint density at radius 3 is 2.65 bits per heavy atom. The first kappa shape index (κ1) is 17.3. The predicted molar refractivity (Wildman–Crippen MR) is 103 cm³/mol. The van der Waals surface area contributed by atoms with Crippen molar-refractivity contribution in [1.29, 1.82) is 0 Å². The highest BCUT2D eigenvalue weighted by Gasteiger charge is 2.32. The van der Waals surface area contributed by atoms with E-state index in [1.807, 2.05) is 30.3 Å². The summed E-state index contributed by atoms with van der Waals surface area (Å²) in [6.07, 6.45) is 3.05. The van der Waals surface area contributed by atoms with E-state index in [4.69, 9.17) is 4.74 Å². The Kier molecular flexibility index (Phi) is 5.32. The second-order valence-electron chi connectivity index (χ2n) is 7.29. The highest BCUT2D eigenvalue weighted by Crippen LogP contribution is 2.22. The molecule has 2 aliphatic rings. The van der Waals surface area contributed by atoms with Gasteiger partial charge in [0.1, 0.15) is 0 Å². The molecule has 4 rings (SSSR count). The fourth-order valence-electron chi connectivity index (χ4n) is 3.93. The van der Waals surface area contributed by atoms with E-state index in [1.165, 1.54) is 30.5 Å². The van der Waals surface area contributed by atoms with Crippen molar-refractivity contribution in [2.75, 3.05) is 26.2 Å². The van der Waals surface area contributed by atoms with E-state index in [0.29, 0.717) is 19.0 Å². The molecular formula is C22H26N2O2. The summed E-state index contributed by atoms with van der Waals surface area (Å²) in [6.45, 7) is 3.52. The average Bonchev–Trinajstić information content (AvgIpc) is 3.15. The zero-order valence-corrected chi connectivity index (χ0v) is 15.1. The Hall–Kier alpha value is -2.17. The van der Waals surface area contributed by atoms with Crippen LogP contribution in [0.2, 0.25) is 0 Å². The molecule has 4 nitrogen and oxygen atoms in total. The summed E-state index contributed by atoms with van der Waals surface area (Å²) >= 11 is 0. The summed E-state index contributed by atoms with van der Waals surface area (Å²) < 4.78 is 5.90. The third-order valence-electron chi connectivity index (χ3n) is 5.41. The summed E-state index contributed by atoms with van der Waals surface area (Å²) in [7, 11) is 0. The summed E-state index contributed by atoms with van der Waals surface area (Å²) in [5, 5.41) is 3.04. The van der Waals surface area contributed by atoms with Crippen LogP contribution in [0.3, 0.4) is 0 Å². The molecule has 136 valence electrons. The number of rotatable bonds is 5. The predicted octanol–water partition coefficient (Wildman–Crippen LogP) is 2.88. The molecule has 2 saturated heterocycles.